The minimum absolute atomic E-state index is 0.180. The van der Waals surface area contributed by atoms with Gasteiger partial charge in [-0.15, -0.1) is 0 Å². The van der Waals surface area contributed by atoms with Gasteiger partial charge < -0.3 is 19.3 Å². The summed E-state index contributed by atoms with van der Waals surface area (Å²) >= 11 is 0. The molecule has 0 aromatic heterocycles. The zero-order valence-electron chi connectivity index (χ0n) is 27.4. The Morgan fingerprint density at radius 1 is 0.681 bits per heavy atom. The summed E-state index contributed by atoms with van der Waals surface area (Å²) in [5, 5.41) is 9.81. The molecule has 0 saturated heterocycles. The topological polar surface area (TPSA) is 88.5 Å². The molecule has 1 N–H and O–H groups in total. The number of allylic oxidation sites excluding steroid dienone is 1. The van der Waals surface area contributed by atoms with Crippen LogP contribution >= 0.6 is 0 Å². The van der Waals surface area contributed by atoms with Crippen LogP contribution in [0.5, 0.6) is 0 Å². The van der Waals surface area contributed by atoms with Crippen molar-refractivity contribution in [1.82, 2.24) is 0 Å². The van der Waals surface area contributed by atoms with E-state index in [0.29, 0.717) is 37.6 Å². The average Bonchev–Trinajstić information content (AvgIpc) is 3.07. The van der Waals surface area contributed by atoms with E-state index in [9.17, 15) is 14.7 Å². The van der Waals surface area contributed by atoms with Crippen LogP contribution in [0, 0.1) is 5.92 Å². The monoisotopic (exact) mass is 636 g/mol. The first-order chi connectivity index (χ1) is 22.7. The largest absolute Gasteiger partial charge is 0.498 e. The number of carbonyl (C=O) groups is 2. The predicted molar refractivity (Wildman–Crippen MR) is 186 cm³/mol. The molecule has 2 atom stereocenters. The molecule has 2 unspecified atom stereocenters. The molecule has 0 saturated carbocycles. The SMILES string of the molecule is C=C(C)OCC(C)COCC(C)OC(=O)N(Cc1ccccc1)c1ccc(Cc2ccc(N(Cc3ccccc3)C(=O)O)cc2)cc1. The van der Waals surface area contributed by atoms with Crippen molar-refractivity contribution in [3.63, 3.8) is 0 Å². The summed E-state index contributed by atoms with van der Waals surface area (Å²) in [6.07, 6.45) is -1.25. The third-order valence-electron chi connectivity index (χ3n) is 7.39. The third kappa shape index (κ3) is 11.3. The van der Waals surface area contributed by atoms with Crippen LogP contribution in [0.25, 0.3) is 0 Å². The van der Waals surface area contributed by atoms with Crippen LogP contribution in [-0.4, -0.2) is 43.2 Å². The fourth-order valence-corrected chi connectivity index (χ4v) is 4.92. The Morgan fingerprint density at radius 2 is 1.17 bits per heavy atom. The minimum atomic E-state index is -1.00. The summed E-state index contributed by atoms with van der Waals surface area (Å²) < 4.78 is 17.0. The average molecular weight is 637 g/mol. The molecule has 0 radical (unpaired) electrons. The van der Waals surface area contributed by atoms with Crippen LogP contribution in [0.4, 0.5) is 21.0 Å². The van der Waals surface area contributed by atoms with Crippen LogP contribution in [-0.2, 0) is 33.7 Å². The lowest BCUT2D eigenvalue weighted by atomic mass is 10.0. The lowest BCUT2D eigenvalue weighted by Crippen LogP contribution is -2.34. The molecule has 0 fully saturated rings. The first-order valence-corrected chi connectivity index (χ1v) is 15.8. The zero-order valence-corrected chi connectivity index (χ0v) is 27.4. The summed E-state index contributed by atoms with van der Waals surface area (Å²) in [6.45, 7) is 11.3. The number of anilines is 2. The Morgan fingerprint density at radius 3 is 1.66 bits per heavy atom. The summed E-state index contributed by atoms with van der Waals surface area (Å²) in [5.74, 6) is 0.850. The molecule has 0 aliphatic heterocycles. The van der Waals surface area contributed by atoms with E-state index in [1.54, 1.807) is 4.90 Å². The van der Waals surface area contributed by atoms with Gasteiger partial charge in [-0.1, -0.05) is 98.4 Å². The first kappa shape index (κ1) is 34.8. The Kier molecular flexibility index (Phi) is 13.0. The van der Waals surface area contributed by atoms with Crippen molar-refractivity contribution in [1.29, 1.82) is 0 Å². The predicted octanol–water partition coefficient (Wildman–Crippen LogP) is 8.70. The van der Waals surface area contributed by atoms with Crippen molar-refractivity contribution in [2.75, 3.05) is 29.6 Å². The number of hydrogen-bond acceptors (Lipinski definition) is 5. The molecular formula is C39H44N2O6. The summed E-state index contributed by atoms with van der Waals surface area (Å²) in [5.41, 5.74) is 5.33. The van der Waals surface area contributed by atoms with Crippen LogP contribution in [0.15, 0.2) is 122 Å². The van der Waals surface area contributed by atoms with Gasteiger partial charge in [0, 0.05) is 17.3 Å². The van der Waals surface area contributed by atoms with Gasteiger partial charge in [-0.3, -0.25) is 9.80 Å². The maximum atomic E-state index is 13.4. The highest BCUT2D eigenvalue weighted by Crippen LogP contribution is 2.23. The minimum Gasteiger partial charge on any atom is -0.498 e. The molecule has 0 aliphatic carbocycles. The highest BCUT2D eigenvalue weighted by Gasteiger charge is 2.21. The number of ether oxygens (including phenoxy) is 3. The molecule has 0 aliphatic rings. The molecule has 4 rings (SSSR count). The number of hydrogen-bond donors (Lipinski definition) is 1. The van der Waals surface area contributed by atoms with E-state index in [0.717, 1.165) is 27.9 Å². The molecule has 8 heteroatoms. The maximum absolute atomic E-state index is 13.4. The van der Waals surface area contributed by atoms with E-state index in [1.807, 2.05) is 130 Å². The van der Waals surface area contributed by atoms with E-state index in [1.165, 1.54) is 4.90 Å². The summed E-state index contributed by atoms with van der Waals surface area (Å²) in [4.78, 5) is 28.4. The number of carboxylic acid groups (broad SMARTS) is 1. The molecule has 0 bridgehead atoms. The molecule has 8 nitrogen and oxygen atoms in total. The van der Waals surface area contributed by atoms with E-state index in [2.05, 4.69) is 6.58 Å². The Hall–Kier alpha value is -5.08. The Bertz CT molecular complexity index is 1560. The van der Waals surface area contributed by atoms with Gasteiger partial charge in [0.25, 0.3) is 0 Å². The third-order valence-corrected chi connectivity index (χ3v) is 7.39. The summed E-state index contributed by atoms with van der Waals surface area (Å²) in [6, 6.07) is 34.7. The molecule has 4 aromatic rings. The van der Waals surface area contributed by atoms with Crippen LogP contribution < -0.4 is 9.80 Å². The lowest BCUT2D eigenvalue weighted by Gasteiger charge is -2.25. The first-order valence-electron chi connectivity index (χ1n) is 15.8. The van der Waals surface area contributed by atoms with E-state index < -0.39 is 18.3 Å². The second-order valence-corrected chi connectivity index (χ2v) is 11.8. The van der Waals surface area contributed by atoms with Gasteiger partial charge in [-0.25, -0.2) is 9.59 Å². The summed E-state index contributed by atoms with van der Waals surface area (Å²) in [7, 11) is 0. The maximum Gasteiger partial charge on any atom is 0.414 e. The smallest absolute Gasteiger partial charge is 0.414 e. The number of rotatable bonds is 16. The van der Waals surface area contributed by atoms with Crippen molar-refractivity contribution in [3.05, 3.63) is 144 Å². The van der Waals surface area contributed by atoms with Crippen LogP contribution in [0.3, 0.4) is 0 Å². The van der Waals surface area contributed by atoms with Gasteiger partial charge >= 0.3 is 12.2 Å². The van der Waals surface area contributed by atoms with Crippen LogP contribution in [0.1, 0.15) is 43.0 Å². The highest BCUT2D eigenvalue weighted by atomic mass is 16.6. The Labute approximate surface area is 277 Å². The number of amides is 2. The van der Waals surface area contributed by atoms with E-state index >= 15 is 0 Å². The molecule has 0 spiro atoms. The number of carbonyl (C=O) groups excluding carboxylic acids is 1. The fourth-order valence-electron chi connectivity index (χ4n) is 4.92. The second kappa shape index (κ2) is 17.6. The second-order valence-electron chi connectivity index (χ2n) is 11.8. The van der Waals surface area contributed by atoms with Crippen molar-refractivity contribution < 1.29 is 28.9 Å². The molecule has 0 heterocycles. The van der Waals surface area contributed by atoms with Gasteiger partial charge in [0.2, 0.25) is 0 Å². The van der Waals surface area contributed by atoms with E-state index in [-0.39, 0.29) is 19.1 Å². The highest BCUT2D eigenvalue weighted by molar-refractivity contribution is 5.88. The van der Waals surface area contributed by atoms with Gasteiger partial charge in [-0.2, -0.15) is 0 Å². The van der Waals surface area contributed by atoms with Crippen LogP contribution in [0.2, 0.25) is 0 Å². The Balaban J connectivity index is 1.39. The quantitative estimate of drug-likeness (QED) is 0.124. The van der Waals surface area contributed by atoms with Crippen molar-refractivity contribution in [2.45, 2.75) is 46.4 Å². The standard InChI is InChI=1S/C39H44N2O6/c1-29(2)46-27-30(3)26-45-28-31(4)47-39(44)41(25-35-13-9-6-10-14-35)37-21-17-33(18-22-37)23-32-15-19-36(20-16-32)40(38(42)43)24-34-11-7-5-8-12-34/h5-22,30-31H,1,23-28H2,2-4H3,(H,42,43). The zero-order chi connectivity index (χ0) is 33.6. The van der Waals surface area contributed by atoms with Gasteiger partial charge in [0.05, 0.1) is 38.7 Å². The molecular weight excluding hydrogens is 592 g/mol. The number of nitrogens with zero attached hydrogens (tertiary/aromatic N) is 2. The molecule has 47 heavy (non-hydrogen) atoms. The van der Waals surface area contributed by atoms with Gasteiger partial charge in [0.15, 0.2) is 0 Å². The van der Waals surface area contributed by atoms with E-state index in [4.69, 9.17) is 14.2 Å². The van der Waals surface area contributed by atoms with Gasteiger partial charge in [0.1, 0.15) is 6.10 Å². The lowest BCUT2D eigenvalue weighted by molar-refractivity contribution is 0.00991. The van der Waals surface area contributed by atoms with Crippen molar-refractivity contribution >= 4 is 23.6 Å². The normalized spacial score (nSPS) is 12.1. The molecule has 246 valence electrons. The van der Waals surface area contributed by atoms with Crippen molar-refractivity contribution in [3.8, 4) is 0 Å². The number of benzene rings is 4. The van der Waals surface area contributed by atoms with Gasteiger partial charge in [-0.05, 0) is 66.8 Å². The molecule has 2 amide bonds. The molecule has 4 aromatic carbocycles. The van der Waals surface area contributed by atoms with Crippen molar-refractivity contribution in [2.24, 2.45) is 5.92 Å². The fraction of sp³-hybridized carbons (Fsp3) is 0.282.